The molecule has 0 aliphatic rings. The number of hydrogen-bond acceptors (Lipinski definition) is 6. The molecule has 0 unspecified atom stereocenters. The van der Waals surface area contributed by atoms with E-state index in [1.165, 1.54) is 24.2 Å². The number of thioether (sulfide) groups is 1. The Kier molecular flexibility index (Phi) is 3.62. The lowest BCUT2D eigenvalue weighted by Crippen LogP contribution is -2.12. The van der Waals surface area contributed by atoms with Gasteiger partial charge in [-0.15, -0.1) is 0 Å². The molecule has 0 fully saturated rings. The fourth-order valence-electron chi connectivity index (χ4n) is 1.82. The summed E-state index contributed by atoms with van der Waals surface area (Å²) in [5.41, 5.74) is 2.22. The first-order valence-corrected chi connectivity index (χ1v) is 8.46. The Bertz CT molecular complexity index is 891. The Hall–Kier alpha value is -1.97. The Morgan fingerprint density at radius 3 is 2.90 bits per heavy atom. The number of benzene rings is 1. The average molecular weight is 321 g/mol. The van der Waals surface area contributed by atoms with E-state index in [-0.39, 0.29) is 4.90 Å². The molecular formula is C12H11N5O2S2. The van der Waals surface area contributed by atoms with E-state index in [1.54, 1.807) is 18.5 Å². The molecule has 0 spiro atoms. The molecule has 0 radical (unpaired) electrons. The van der Waals surface area contributed by atoms with Crippen LogP contribution >= 0.6 is 11.8 Å². The minimum Gasteiger partial charge on any atom is -0.341 e. The van der Waals surface area contributed by atoms with Crippen LogP contribution in [0.5, 0.6) is 0 Å². The molecule has 21 heavy (non-hydrogen) atoms. The smallest absolute Gasteiger partial charge is 0.238 e. The monoisotopic (exact) mass is 321 g/mol. The zero-order valence-electron chi connectivity index (χ0n) is 10.7. The molecule has 0 bridgehead atoms. The number of rotatable bonds is 4. The molecule has 0 saturated carbocycles. The number of hydrogen-bond donors (Lipinski definition) is 2. The molecule has 3 N–H and O–H groups in total. The van der Waals surface area contributed by atoms with Crippen molar-refractivity contribution in [1.82, 2.24) is 19.9 Å². The lowest BCUT2D eigenvalue weighted by Gasteiger charge is -2.04. The molecule has 7 nitrogen and oxygen atoms in total. The predicted molar refractivity (Wildman–Crippen MR) is 79.1 cm³/mol. The number of H-pyrrole nitrogens is 1. The van der Waals surface area contributed by atoms with Crippen LogP contribution in [0, 0.1) is 0 Å². The van der Waals surface area contributed by atoms with E-state index in [4.69, 9.17) is 5.14 Å². The summed E-state index contributed by atoms with van der Waals surface area (Å²) < 4.78 is 22.7. The highest BCUT2D eigenvalue weighted by Gasteiger charge is 2.10. The van der Waals surface area contributed by atoms with Crippen molar-refractivity contribution in [2.75, 3.05) is 0 Å². The van der Waals surface area contributed by atoms with E-state index in [0.717, 1.165) is 16.1 Å². The summed E-state index contributed by atoms with van der Waals surface area (Å²) in [6.45, 7) is 0. The number of sulfonamides is 1. The molecule has 0 aliphatic carbocycles. The van der Waals surface area contributed by atoms with Crippen LogP contribution in [0.1, 0.15) is 5.56 Å². The molecule has 2 aromatic heterocycles. The van der Waals surface area contributed by atoms with Gasteiger partial charge in [-0.3, -0.25) is 0 Å². The van der Waals surface area contributed by atoms with Crippen LogP contribution < -0.4 is 5.14 Å². The first-order valence-electron chi connectivity index (χ1n) is 5.92. The number of aromatic nitrogens is 4. The molecule has 3 rings (SSSR count). The number of nitrogens with two attached hydrogens (primary N) is 1. The Labute approximate surface area is 125 Å². The Morgan fingerprint density at radius 2 is 2.10 bits per heavy atom. The first kappa shape index (κ1) is 14.0. The third-order valence-corrected chi connectivity index (χ3v) is 4.76. The molecule has 1 aromatic carbocycles. The molecular weight excluding hydrogens is 310 g/mol. The van der Waals surface area contributed by atoms with Crippen molar-refractivity contribution in [2.24, 2.45) is 5.14 Å². The summed E-state index contributed by atoms with van der Waals surface area (Å²) in [6.07, 6.45) is 3.01. The Morgan fingerprint density at radius 1 is 1.24 bits per heavy atom. The van der Waals surface area contributed by atoms with Crippen molar-refractivity contribution in [2.45, 2.75) is 15.7 Å². The van der Waals surface area contributed by atoms with Gasteiger partial charge in [-0.1, -0.05) is 23.9 Å². The third kappa shape index (κ3) is 3.04. The van der Waals surface area contributed by atoms with E-state index in [1.807, 2.05) is 6.07 Å². The molecule has 0 amide bonds. The minimum atomic E-state index is -3.69. The van der Waals surface area contributed by atoms with E-state index in [9.17, 15) is 8.42 Å². The van der Waals surface area contributed by atoms with Crippen molar-refractivity contribution in [3.8, 4) is 0 Å². The molecule has 2 heterocycles. The Balaban J connectivity index is 1.84. The lowest BCUT2D eigenvalue weighted by molar-refractivity contribution is 0.597. The zero-order chi connectivity index (χ0) is 14.9. The van der Waals surface area contributed by atoms with Crippen LogP contribution in [0.3, 0.4) is 0 Å². The van der Waals surface area contributed by atoms with Crippen molar-refractivity contribution >= 4 is 32.9 Å². The highest BCUT2D eigenvalue weighted by molar-refractivity contribution is 7.98. The van der Waals surface area contributed by atoms with Crippen molar-refractivity contribution in [3.05, 3.63) is 42.5 Å². The van der Waals surface area contributed by atoms with Gasteiger partial charge in [0.05, 0.1) is 11.2 Å². The van der Waals surface area contributed by atoms with Gasteiger partial charge in [-0.05, 0) is 17.7 Å². The second-order valence-corrected chi connectivity index (χ2v) is 6.79. The summed E-state index contributed by atoms with van der Waals surface area (Å²) in [5.74, 6) is 0.564. The summed E-state index contributed by atoms with van der Waals surface area (Å²) in [7, 11) is -3.69. The minimum absolute atomic E-state index is 0.106. The van der Waals surface area contributed by atoms with Crippen LogP contribution in [0.4, 0.5) is 0 Å². The van der Waals surface area contributed by atoms with Crippen LogP contribution in [0.2, 0.25) is 0 Å². The van der Waals surface area contributed by atoms with Crippen LogP contribution in [0.25, 0.3) is 11.2 Å². The van der Waals surface area contributed by atoms with Gasteiger partial charge in [0.25, 0.3) is 0 Å². The van der Waals surface area contributed by atoms with Gasteiger partial charge in [-0.2, -0.15) is 0 Å². The van der Waals surface area contributed by atoms with Gasteiger partial charge in [0, 0.05) is 5.75 Å². The van der Waals surface area contributed by atoms with E-state index >= 15 is 0 Å². The van der Waals surface area contributed by atoms with Crippen molar-refractivity contribution < 1.29 is 8.42 Å². The molecule has 3 aromatic rings. The summed E-state index contributed by atoms with van der Waals surface area (Å²) in [6, 6.07) is 6.55. The number of imidazole rings is 1. The van der Waals surface area contributed by atoms with Crippen LogP contribution in [-0.4, -0.2) is 28.4 Å². The van der Waals surface area contributed by atoms with E-state index in [2.05, 4.69) is 19.9 Å². The standard InChI is InChI=1S/C12H11N5O2S2/c13-21(18,19)9-3-1-2-8(4-9)5-20-12-10-11(15-6-14-10)16-7-17-12/h1-4,6-7H,5H2,(H2,13,18,19)(H,14,15,16,17). The fraction of sp³-hybridized carbons (Fsp3) is 0.0833. The number of fused-ring (bicyclic) bond motifs is 1. The maximum Gasteiger partial charge on any atom is 0.238 e. The molecule has 108 valence electrons. The number of aromatic amines is 1. The number of primary sulfonamides is 1. The van der Waals surface area contributed by atoms with Gasteiger partial charge in [0.2, 0.25) is 10.0 Å². The van der Waals surface area contributed by atoms with Gasteiger partial charge < -0.3 is 4.98 Å². The topological polar surface area (TPSA) is 115 Å². The van der Waals surface area contributed by atoms with Gasteiger partial charge in [0.1, 0.15) is 16.9 Å². The number of nitrogens with one attached hydrogen (secondary N) is 1. The average Bonchev–Trinajstić information content (AvgIpc) is 2.93. The zero-order valence-corrected chi connectivity index (χ0v) is 12.4. The fourth-order valence-corrected chi connectivity index (χ4v) is 3.30. The molecule has 0 aliphatic heterocycles. The lowest BCUT2D eigenvalue weighted by atomic mass is 10.2. The van der Waals surface area contributed by atoms with Crippen LogP contribution in [0.15, 0.2) is 46.8 Å². The maximum absolute atomic E-state index is 11.3. The van der Waals surface area contributed by atoms with Gasteiger partial charge in [-0.25, -0.2) is 28.5 Å². The van der Waals surface area contributed by atoms with E-state index < -0.39 is 10.0 Å². The van der Waals surface area contributed by atoms with Crippen molar-refractivity contribution in [1.29, 1.82) is 0 Å². The maximum atomic E-state index is 11.3. The summed E-state index contributed by atoms with van der Waals surface area (Å²) >= 11 is 1.47. The van der Waals surface area contributed by atoms with Crippen molar-refractivity contribution in [3.63, 3.8) is 0 Å². The predicted octanol–water partition coefficient (Wildman–Crippen LogP) is 1.29. The second kappa shape index (κ2) is 5.43. The third-order valence-electron chi connectivity index (χ3n) is 2.79. The summed E-state index contributed by atoms with van der Waals surface area (Å²) in [5, 5.41) is 5.89. The largest absolute Gasteiger partial charge is 0.341 e. The number of nitrogens with zero attached hydrogens (tertiary/aromatic N) is 3. The first-order chi connectivity index (χ1) is 10.0. The van der Waals surface area contributed by atoms with Gasteiger partial charge >= 0.3 is 0 Å². The molecule has 0 saturated heterocycles. The molecule has 9 heteroatoms. The summed E-state index contributed by atoms with van der Waals surface area (Å²) in [4.78, 5) is 15.4. The molecule has 0 atom stereocenters. The highest BCUT2D eigenvalue weighted by atomic mass is 32.2. The van der Waals surface area contributed by atoms with E-state index in [0.29, 0.717) is 11.4 Å². The highest BCUT2D eigenvalue weighted by Crippen LogP contribution is 2.26. The van der Waals surface area contributed by atoms with Crippen LogP contribution in [-0.2, 0) is 15.8 Å². The SMILES string of the molecule is NS(=O)(=O)c1cccc(CSc2ncnc3nc[nH]c23)c1. The quantitative estimate of drug-likeness (QED) is 0.553. The normalized spacial score (nSPS) is 11.9. The second-order valence-electron chi connectivity index (χ2n) is 4.26. The van der Waals surface area contributed by atoms with Gasteiger partial charge in [0.15, 0.2) is 5.65 Å².